The van der Waals surface area contributed by atoms with Gasteiger partial charge in [-0.3, -0.25) is 4.79 Å². The minimum atomic E-state index is -0.240. The van der Waals surface area contributed by atoms with Crippen LogP contribution in [0.25, 0.3) is 32.6 Å². The molecule has 2 aromatic heterocycles. The zero-order valence-corrected chi connectivity index (χ0v) is 20.3. The number of pyridine rings is 1. The summed E-state index contributed by atoms with van der Waals surface area (Å²) in [6, 6.07) is 25.5. The first-order valence-electron chi connectivity index (χ1n) is 10.8. The molecule has 6 heteroatoms. The van der Waals surface area contributed by atoms with E-state index in [2.05, 4.69) is 5.32 Å². The van der Waals surface area contributed by atoms with Crippen LogP contribution in [0.15, 0.2) is 78.9 Å². The molecule has 1 amide bonds. The monoisotopic (exact) mass is 483 g/mol. The van der Waals surface area contributed by atoms with Gasteiger partial charge in [-0.2, -0.15) is 0 Å². The summed E-state index contributed by atoms with van der Waals surface area (Å²) >= 11 is 7.44. The van der Waals surface area contributed by atoms with Crippen molar-refractivity contribution in [3.8, 4) is 22.4 Å². The molecule has 34 heavy (non-hydrogen) atoms. The normalized spacial score (nSPS) is 11.0. The molecular weight excluding hydrogens is 462 g/mol. The maximum absolute atomic E-state index is 13.3. The van der Waals surface area contributed by atoms with E-state index in [4.69, 9.17) is 22.3 Å². The summed E-state index contributed by atoms with van der Waals surface area (Å²) in [5, 5.41) is 4.45. The molecule has 0 unspecified atom stereocenters. The van der Waals surface area contributed by atoms with Crippen LogP contribution in [0.3, 0.4) is 0 Å². The number of amides is 1. The van der Waals surface area contributed by atoms with Crippen molar-refractivity contribution in [1.82, 2.24) is 4.98 Å². The Morgan fingerprint density at radius 1 is 0.941 bits per heavy atom. The molecule has 0 radical (unpaired) electrons. The maximum Gasteiger partial charge on any atom is 0.267 e. The number of nitrogens with zero attached hydrogens (tertiary/aromatic N) is 1. The van der Waals surface area contributed by atoms with Crippen molar-refractivity contribution in [2.45, 2.75) is 13.8 Å². The van der Waals surface area contributed by atoms with Gasteiger partial charge in [-0.1, -0.05) is 71.8 Å². The third kappa shape index (κ3) is 4.16. The minimum absolute atomic E-state index is 0.240. The molecule has 0 atom stereocenters. The molecule has 0 bridgehead atoms. The number of nitrogen functional groups attached to an aromatic ring is 1. The molecule has 5 rings (SSSR count). The Labute approximate surface area is 207 Å². The Morgan fingerprint density at radius 2 is 1.68 bits per heavy atom. The summed E-state index contributed by atoms with van der Waals surface area (Å²) in [5.74, 6) is -0.240. The van der Waals surface area contributed by atoms with Gasteiger partial charge in [0, 0.05) is 21.7 Å². The van der Waals surface area contributed by atoms with Crippen LogP contribution in [-0.4, -0.2) is 10.9 Å². The van der Waals surface area contributed by atoms with Crippen molar-refractivity contribution >= 4 is 50.4 Å². The fourth-order valence-electron chi connectivity index (χ4n) is 4.04. The zero-order chi connectivity index (χ0) is 23.8. The molecule has 4 nitrogen and oxygen atoms in total. The van der Waals surface area contributed by atoms with Gasteiger partial charge in [0.2, 0.25) is 0 Å². The summed E-state index contributed by atoms with van der Waals surface area (Å²) in [5.41, 5.74) is 13.6. The number of carbonyl (C=O) groups is 1. The van der Waals surface area contributed by atoms with E-state index < -0.39 is 0 Å². The average Bonchev–Trinajstić information content (AvgIpc) is 3.18. The Morgan fingerprint density at radius 3 is 2.38 bits per heavy atom. The number of anilines is 2. The lowest BCUT2D eigenvalue weighted by molar-refractivity contribution is 0.103. The van der Waals surface area contributed by atoms with Crippen molar-refractivity contribution in [2.24, 2.45) is 0 Å². The highest BCUT2D eigenvalue weighted by Crippen LogP contribution is 2.41. The first kappa shape index (κ1) is 22.1. The number of carbonyl (C=O) groups excluding carboxylic acids is 1. The van der Waals surface area contributed by atoms with Crippen LogP contribution >= 0.6 is 22.9 Å². The van der Waals surface area contributed by atoms with Crippen LogP contribution < -0.4 is 11.1 Å². The minimum Gasteiger partial charge on any atom is -0.397 e. The van der Waals surface area contributed by atoms with Gasteiger partial charge >= 0.3 is 0 Å². The van der Waals surface area contributed by atoms with E-state index in [-0.39, 0.29) is 5.91 Å². The van der Waals surface area contributed by atoms with Crippen molar-refractivity contribution in [3.63, 3.8) is 0 Å². The van der Waals surface area contributed by atoms with Crippen LogP contribution in [0.5, 0.6) is 0 Å². The Balaban J connectivity index is 1.66. The number of halogens is 1. The van der Waals surface area contributed by atoms with E-state index in [0.717, 1.165) is 49.4 Å². The van der Waals surface area contributed by atoms with E-state index in [1.165, 1.54) is 11.3 Å². The lowest BCUT2D eigenvalue weighted by atomic mass is 9.99. The summed E-state index contributed by atoms with van der Waals surface area (Å²) in [6.45, 7) is 4.00. The van der Waals surface area contributed by atoms with Gasteiger partial charge in [-0.05, 0) is 54.8 Å². The predicted octanol–water partition coefficient (Wildman–Crippen LogP) is 7.74. The fraction of sp³-hybridized carbons (Fsp3) is 0.0714. The molecule has 0 saturated carbocycles. The van der Waals surface area contributed by atoms with Crippen LogP contribution in [0.2, 0.25) is 5.02 Å². The topological polar surface area (TPSA) is 68.0 Å². The molecule has 0 aliphatic heterocycles. The smallest absolute Gasteiger partial charge is 0.267 e. The van der Waals surface area contributed by atoms with Crippen LogP contribution in [0, 0.1) is 13.8 Å². The summed E-state index contributed by atoms with van der Waals surface area (Å²) in [6.07, 6.45) is 0. The lowest BCUT2D eigenvalue weighted by Gasteiger charge is -2.10. The van der Waals surface area contributed by atoms with Gasteiger partial charge in [0.25, 0.3) is 5.91 Å². The number of thiophene rings is 1. The van der Waals surface area contributed by atoms with Crippen LogP contribution in [0.1, 0.15) is 20.8 Å². The number of fused-ring (bicyclic) bond motifs is 1. The fourth-order valence-corrected chi connectivity index (χ4v) is 5.18. The first-order chi connectivity index (χ1) is 16.4. The van der Waals surface area contributed by atoms with Gasteiger partial charge in [-0.15, -0.1) is 11.3 Å². The molecule has 0 fully saturated rings. The number of benzene rings is 3. The van der Waals surface area contributed by atoms with Crippen molar-refractivity contribution in [2.75, 3.05) is 11.1 Å². The molecule has 0 saturated heterocycles. The van der Waals surface area contributed by atoms with E-state index in [1.807, 2.05) is 92.7 Å². The molecule has 0 aliphatic carbocycles. The largest absolute Gasteiger partial charge is 0.397 e. The molecule has 2 heterocycles. The highest BCUT2D eigenvalue weighted by molar-refractivity contribution is 7.21. The summed E-state index contributed by atoms with van der Waals surface area (Å²) in [4.78, 5) is 19.3. The number of hydrogen-bond acceptors (Lipinski definition) is 4. The lowest BCUT2D eigenvalue weighted by Crippen LogP contribution is -2.12. The number of nitrogens with one attached hydrogen (secondary N) is 1. The second-order valence-electron chi connectivity index (χ2n) is 8.23. The van der Waals surface area contributed by atoms with Crippen molar-refractivity contribution in [1.29, 1.82) is 0 Å². The van der Waals surface area contributed by atoms with E-state index in [9.17, 15) is 4.79 Å². The van der Waals surface area contributed by atoms with E-state index in [0.29, 0.717) is 15.6 Å². The quantitative estimate of drug-likeness (QED) is 0.274. The van der Waals surface area contributed by atoms with Crippen molar-refractivity contribution < 1.29 is 4.79 Å². The van der Waals surface area contributed by atoms with Gasteiger partial charge < -0.3 is 11.1 Å². The predicted molar refractivity (Wildman–Crippen MR) is 144 cm³/mol. The third-order valence-electron chi connectivity index (χ3n) is 5.76. The summed E-state index contributed by atoms with van der Waals surface area (Å²) in [7, 11) is 0. The highest BCUT2D eigenvalue weighted by atomic mass is 35.5. The zero-order valence-electron chi connectivity index (χ0n) is 18.7. The standard InChI is InChI=1S/C28H22ClN3OS/c1-16-8-13-22(17(2)14-16)31-27(33)26-25(30)24-21(18-9-11-20(29)12-10-18)15-23(32-28(24)34-26)19-6-4-3-5-7-19/h3-15H,30H2,1-2H3,(H,31,33). The van der Waals surface area contributed by atoms with Gasteiger partial charge in [0.15, 0.2) is 0 Å². The first-order valence-corrected chi connectivity index (χ1v) is 12.0. The number of nitrogens with two attached hydrogens (primary N) is 1. The molecule has 3 aromatic carbocycles. The molecule has 168 valence electrons. The van der Waals surface area contributed by atoms with Crippen LogP contribution in [0.4, 0.5) is 11.4 Å². The number of hydrogen-bond donors (Lipinski definition) is 2. The van der Waals surface area contributed by atoms with Crippen LogP contribution in [-0.2, 0) is 0 Å². The van der Waals surface area contributed by atoms with Gasteiger partial charge in [0.05, 0.1) is 11.4 Å². The van der Waals surface area contributed by atoms with E-state index in [1.54, 1.807) is 0 Å². The Hall–Kier alpha value is -3.67. The summed E-state index contributed by atoms with van der Waals surface area (Å²) < 4.78 is 0. The second kappa shape index (κ2) is 8.93. The third-order valence-corrected chi connectivity index (χ3v) is 7.11. The van der Waals surface area contributed by atoms with Gasteiger partial charge in [0.1, 0.15) is 9.71 Å². The molecule has 5 aromatic rings. The molecule has 0 aliphatic rings. The SMILES string of the molecule is Cc1ccc(NC(=O)c2sc3nc(-c4ccccc4)cc(-c4ccc(Cl)cc4)c3c2N)c(C)c1. The number of aromatic nitrogens is 1. The maximum atomic E-state index is 13.3. The average molecular weight is 484 g/mol. The molecule has 3 N–H and O–H groups in total. The Bertz CT molecular complexity index is 1530. The highest BCUT2D eigenvalue weighted by Gasteiger charge is 2.22. The number of rotatable bonds is 4. The van der Waals surface area contributed by atoms with Crippen molar-refractivity contribution in [3.05, 3.63) is 99.9 Å². The Kier molecular flexibility index (Phi) is 5.82. The van der Waals surface area contributed by atoms with Gasteiger partial charge in [-0.25, -0.2) is 4.98 Å². The number of aryl methyl sites for hydroxylation is 2. The van der Waals surface area contributed by atoms with E-state index >= 15 is 0 Å². The molecule has 0 spiro atoms. The second-order valence-corrected chi connectivity index (χ2v) is 9.66. The molecular formula is C28H22ClN3OS.